The van der Waals surface area contributed by atoms with Crippen molar-refractivity contribution in [3.63, 3.8) is 0 Å². The Balaban J connectivity index is 1.78. The summed E-state index contributed by atoms with van der Waals surface area (Å²) < 4.78 is 15.2. The Kier molecular flexibility index (Phi) is 7.77. The molecule has 0 aliphatic rings. The second-order valence-corrected chi connectivity index (χ2v) is 6.92. The van der Waals surface area contributed by atoms with Crippen molar-refractivity contribution in [2.24, 2.45) is 5.10 Å². The number of carbonyl (C=O) groups is 2. The number of rotatable bonds is 9. The standard InChI is InChI=1S/C25H24N2O6/c1-31-22-15-18(13-14-21(22)33-17-23(28)32-2)16-26-27-24(29)25(30,19-9-5-3-6-10-19)20-11-7-4-8-12-20/h3-16,30H,17H2,1-2H3,(H,27,29)/b26-16+. The quantitative estimate of drug-likeness (QED) is 0.296. The fourth-order valence-corrected chi connectivity index (χ4v) is 3.11. The number of ether oxygens (including phenoxy) is 3. The van der Waals surface area contributed by atoms with Crippen LogP contribution in [0.5, 0.6) is 11.5 Å². The molecule has 3 aromatic carbocycles. The van der Waals surface area contributed by atoms with Crippen LogP contribution in [0.4, 0.5) is 0 Å². The molecule has 8 nitrogen and oxygen atoms in total. The molecule has 0 aromatic heterocycles. The fraction of sp³-hybridized carbons (Fsp3) is 0.160. The van der Waals surface area contributed by atoms with Gasteiger partial charge in [0.15, 0.2) is 23.7 Å². The molecule has 0 aliphatic heterocycles. The fourth-order valence-electron chi connectivity index (χ4n) is 3.11. The van der Waals surface area contributed by atoms with Crippen molar-refractivity contribution >= 4 is 18.1 Å². The third-order valence-electron chi connectivity index (χ3n) is 4.85. The Morgan fingerprint density at radius 3 is 2.09 bits per heavy atom. The minimum Gasteiger partial charge on any atom is -0.493 e. The number of benzene rings is 3. The molecule has 3 rings (SSSR count). The van der Waals surface area contributed by atoms with Crippen LogP contribution in [0, 0.1) is 0 Å². The van der Waals surface area contributed by atoms with Crippen LogP contribution in [0.1, 0.15) is 16.7 Å². The number of nitrogens with zero attached hydrogens (tertiary/aromatic N) is 1. The van der Waals surface area contributed by atoms with Gasteiger partial charge in [0.05, 0.1) is 20.4 Å². The maximum Gasteiger partial charge on any atom is 0.343 e. The smallest absolute Gasteiger partial charge is 0.343 e. The van der Waals surface area contributed by atoms with Crippen molar-refractivity contribution < 1.29 is 28.9 Å². The second kappa shape index (κ2) is 10.9. The van der Waals surface area contributed by atoms with Crippen molar-refractivity contribution in [2.75, 3.05) is 20.8 Å². The van der Waals surface area contributed by atoms with E-state index in [0.717, 1.165) is 0 Å². The minimum absolute atomic E-state index is 0.256. The summed E-state index contributed by atoms with van der Waals surface area (Å²) in [6.45, 7) is -0.256. The predicted octanol–water partition coefficient (Wildman–Crippen LogP) is 2.63. The zero-order valence-electron chi connectivity index (χ0n) is 18.2. The van der Waals surface area contributed by atoms with Gasteiger partial charge in [0.25, 0.3) is 5.91 Å². The van der Waals surface area contributed by atoms with Crippen LogP contribution in [-0.4, -0.2) is 44.0 Å². The summed E-state index contributed by atoms with van der Waals surface area (Å²) in [6.07, 6.45) is 1.40. The van der Waals surface area contributed by atoms with Gasteiger partial charge in [-0.3, -0.25) is 4.79 Å². The van der Waals surface area contributed by atoms with Gasteiger partial charge >= 0.3 is 5.97 Å². The Morgan fingerprint density at radius 2 is 1.55 bits per heavy atom. The molecule has 0 bridgehead atoms. The van der Waals surface area contributed by atoms with Crippen molar-refractivity contribution in [1.29, 1.82) is 0 Å². The lowest BCUT2D eigenvalue weighted by Gasteiger charge is -2.27. The van der Waals surface area contributed by atoms with Gasteiger partial charge in [0.2, 0.25) is 0 Å². The molecule has 8 heteroatoms. The van der Waals surface area contributed by atoms with Gasteiger partial charge in [0.1, 0.15) is 0 Å². The number of carbonyl (C=O) groups excluding carboxylic acids is 2. The van der Waals surface area contributed by atoms with E-state index in [1.165, 1.54) is 20.4 Å². The van der Waals surface area contributed by atoms with Crippen molar-refractivity contribution in [3.05, 3.63) is 95.6 Å². The van der Waals surface area contributed by atoms with Crippen molar-refractivity contribution in [3.8, 4) is 11.5 Å². The third kappa shape index (κ3) is 5.55. The van der Waals surface area contributed by atoms with Gasteiger partial charge < -0.3 is 19.3 Å². The molecule has 2 N–H and O–H groups in total. The average Bonchev–Trinajstić information content (AvgIpc) is 2.87. The molecule has 0 saturated heterocycles. The largest absolute Gasteiger partial charge is 0.493 e. The molecular formula is C25H24N2O6. The molecule has 0 saturated carbocycles. The SMILES string of the molecule is COC(=O)COc1ccc(/C=N/NC(=O)C(O)(c2ccccc2)c2ccccc2)cc1OC. The Bertz CT molecular complexity index is 1080. The first kappa shape index (κ1) is 23.5. The van der Waals surface area contributed by atoms with E-state index in [2.05, 4.69) is 15.3 Å². The summed E-state index contributed by atoms with van der Waals surface area (Å²) in [7, 11) is 2.73. The van der Waals surface area contributed by atoms with Gasteiger partial charge in [-0.05, 0) is 34.9 Å². The number of methoxy groups -OCH3 is 2. The minimum atomic E-state index is -1.93. The number of esters is 1. The number of hydrogen-bond donors (Lipinski definition) is 2. The van der Waals surface area contributed by atoms with E-state index in [1.54, 1.807) is 78.9 Å². The van der Waals surface area contributed by atoms with Crippen LogP contribution in [0.3, 0.4) is 0 Å². The third-order valence-corrected chi connectivity index (χ3v) is 4.85. The number of aliphatic hydroxyl groups is 1. The summed E-state index contributed by atoms with van der Waals surface area (Å²) in [5, 5.41) is 15.4. The van der Waals surface area contributed by atoms with E-state index in [0.29, 0.717) is 28.2 Å². The zero-order chi connectivity index (χ0) is 23.7. The number of hydrazone groups is 1. The van der Waals surface area contributed by atoms with Gasteiger partial charge in [0, 0.05) is 0 Å². The van der Waals surface area contributed by atoms with Crippen LogP contribution in [0.25, 0.3) is 0 Å². The number of amides is 1. The number of nitrogens with one attached hydrogen (secondary N) is 1. The van der Waals surface area contributed by atoms with Crippen LogP contribution >= 0.6 is 0 Å². The summed E-state index contributed by atoms with van der Waals surface area (Å²) in [5.74, 6) is -0.498. The van der Waals surface area contributed by atoms with Crippen molar-refractivity contribution in [2.45, 2.75) is 5.60 Å². The maximum atomic E-state index is 13.0. The van der Waals surface area contributed by atoms with Crippen LogP contribution in [0.2, 0.25) is 0 Å². The van der Waals surface area contributed by atoms with E-state index in [1.807, 2.05) is 0 Å². The molecule has 33 heavy (non-hydrogen) atoms. The maximum absolute atomic E-state index is 13.0. The molecule has 0 radical (unpaired) electrons. The lowest BCUT2D eigenvalue weighted by Crippen LogP contribution is -2.43. The summed E-state index contributed by atoms with van der Waals surface area (Å²) in [5.41, 5.74) is 1.92. The molecule has 0 aliphatic carbocycles. The van der Waals surface area contributed by atoms with Crippen LogP contribution in [-0.2, 0) is 19.9 Å². The highest BCUT2D eigenvalue weighted by Crippen LogP contribution is 2.30. The highest BCUT2D eigenvalue weighted by atomic mass is 16.6. The molecule has 0 unspecified atom stereocenters. The molecule has 3 aromatic rings. The Morgan fingerprint density at radius 1 is 0.939 bits per heavy atom. The topological polar surface area (TPSA) is 106 Å². The van der Waals surface area contributed by atoms with E-state index in [9.17, 15) is 14.7 Å². The first-order valence-electron chi connectivity index (χ1n) is 10.0. The van der Waals surface area contributed by atoms with Crippen LogP contribution in [0.15, 0.2) is 84.0 Å². The summed E-state index contributed by atoms with van der Waals surface area (Å²) in [4.78, 5) is 24.3. The number of hydrogen-bond acceptors (Lipinski definition) is 7. The molecule has 0 atom stereocenters. The van der Waals surface area contributed by atoms with Gasteiger partial charge in [-0.25, -0.2) is 10.2 Å². The Hall–Kier alpha value is -4.17. The van der Waals surface area contributed by atoms with Gasteiger partial charge in [-0.1, -0.05) is 60.7 Å². The van der Waals surface area contributed by atoms with Crippen molar-refractivity contribution in [1.82, 2.24) is 5.43 Å². The molecular weight excluding hydrogens is 424 g/mol. The lowest BCUT2D eigenvalue weighted by molar-refractivity contribution is -0.143. The second-order valence-electron chi connectivity index (χ2n) is 6.92. The molecule has 0 spiro atoms. The highest BCUT2D eigenvalue weighted by Gasteiger charge is 2.39. The monoisotopic (exact) mass is 448 g/mol. The van der Waals surface area contributed by atoms with Crippen LogP contribution < -0.4 is 14.9 Å². The molecule has 0 heterocycles. The van der Waals surface area contributed by atoms with E-state index in [4.69, 9.17) is 9.47 Å². The lowest BCUT2D eigenvalue weighted by atomic mass is 9.85. The van der Waals surface area contributed by atoms with Gasteiger partial charge in [-0.15, -0.1) is 0 Å². The zero-order valence-corrected chi connectivity index (χ0v) is 18.2. The summed E-state index contributed by atoms with van der Waals surface area (Å²) >= 11 is 0. The molecule has 1 amide bonds. The first-order valence-corrected chi connectivity index (χ1v) is 10.0. The van der Waals surface area contributed by atoms with Gasteiger partial charge in [-0.2, -0.15) is 5.10 Å². The molecule has 170 valence electrons. The highest BCUT2D eigenvalue weighted by molar-refractivity contribution is 5.91. The van der Waals surface area contributed by atoms with E-state index in [-0.39, 0.29) is 6.61 Å². The Labute approximate surface area is 191 Å². The molecule has 0 fully saturated rings. The first-order chi connectivity index (χ1) is 16.0. The van der Waals surface area contributed by atoms with E-state index < -0.39 is 17.5 Å². The predicted molar refractivity (Wildman–Crippen MR) is 122 cm³/mol. The average molecular weight is 448 g/mol. The van der Waals surface area contributed by atoms with E-state index >= 15 is 0 Å². The normalized spacial score (nSPS) is 11.1. The summed E-state index contributed by atoms with van der Waals surface area (Å²) in [6, 6.07) is 22.2.